The van der Waals surface area contributed by atoms with Gasteiger partial charge in [0, 0.05) is 50.0 Å². The lowest BCUT2D eigenvalue weighted by Crippen LogP contribution is -2.53. The van der Waals surface area contributed by atoms with Gasteiger partial charge in [-0.15, -0.1) is 0 Å². The van der Waals surface area contributed by atoms with E-state index in [4.69, 9.17) is 4.74 Å². The molecule has 5 nitrogen and oxygen atoms in total. The van der Waals surface area contributed by atoms with Gasteiger partial charge in [-0.25, -0.2) is 0 Å². The number of carbonyl (C=O) groups is 1. The average Bonchev–Trinajstić information content (AvgIpc) is 3.27. The Morgan fingerprint density at radius 2 is 2.04 bits per heavy atom. The van der Waals surface area contributed by atoms with Crippen LogP contribution in [-0.2, 0) is 9.53 Å². The Balaban J connectivity index is 1.39. The Morgan fingerprint density at radius 1 is 1.27 bits per heavy atom. The maximum Gasteiger partial charge on any atom is 0.219 e. The van der Waals surface area contributed by atoms with Crippen molar-refractivity contribution >= 4 is 5.91 Å². The number of hydrogen-bond donors (Lipinski definition) is 1. The molecule has 4 rings (SSSR count). The topological polar surface area (TPSA) is 44.8 Å². The van der Waals surface area contributed by atoms with Gasteiger partial charge in [0.15, 0.2) is 0 Å². The summed E-state index contributed by atoms with van der Waals surface area (Å²) in [5.41, 5.74) is 0.309. The molecule has 1 N–H and O–H groups in total. The molecule has 1 amide bonds. The van der Waals surface area contributed by atoms with E-state index in [0.717, 1.165) is 26.2 Å². The summed E-state index contributed by atoms with van der Waals surface area (Å²) in [5.74, 6) is 1.26. The van der Waals surface area contributed by atoms with Crippen molar-refractivity contribution in [2.45, 2.75) is 76.5 Å². The maximum atomic E-state index is 11.7. The fourth-order valence-corrected chi connectivity index (χ4v) is 6.18. The first kappa shape index (κ1) is 18.7. The first-order valence-corrected chi connectivity index (χ1v) is 10.9. The van der Waals surface area contributed by atoms with Gasteiger partial charge in [-0.05, 0) is 52.6 Å². The third-order valence-corrected chi connectivity index (χ3v) is 7.53. The predicted molar refractivity (Wildman–Crippen MR) is 103 cm³/mol. The summed E-state index contributed by atoms with van der Waals surface area (Å²) < 4.78 is 6.55. The van der Waals surface area contributed by atoms with Gasteiger partial charge >= 0.3 is 0 Å². The van der Waals surface area contributed by atoms with E-state index in [0.29, 0.717) is 24.4 Å². The van der Waals surface area contributed by atoms with Gasteiger partial charge in [0.05, 0.1) is 11.7 Å². The summed E-state index contributed by atoms with van der Waals surface area (Å²) in [5, 5.41) is 3.14. The van der Waals surface area contributed by atoms with Crippen molar-refractivity contribution in [3.05, 3.63) is 0 Å². The molecule has 4 heterocycles. The lowest BCUT2D eigenvalue weighted by molar-refractivity contribution is -0.121. The van der Waals surface area contributed by atoms with Gasteiger partial charge < -0.3 is 10.1 Å². The van der Waals surface area contributed by atoms with Crippen molar-refractivity contribution in [2.24, 2.45) is 11.8 Å². The van der Waals surface area contributed by atoms with Crippen molar-refractivity contribution in [1.82, 2.24) is 15.1 Å². The second-order valence-corrected chi connectivity index (χ2v) is 9.72. The van der Waals surface area contributed by atoms with Crippen molar-refractivity contribution in [2.75, 3.05) is 39.3 Å². The van der Waals surface area contributed by atoms with Crippen molar-refractivity contribution in [3.63, 3.8) is 0 Å². The molecule has 26 heavy (non-hydrogen) atoms. The zero-order valence-corrected chi connectivity index (χ0v) is 16.9. The van der Waals surface area contributed by atoms with Crippen LogP contribution in [0.15, 0.2) is 0 Å². The maximum absolute atomic E-state index is 11.7. The second kappa shape index (κ2) is 7.06. The fraction of sp³-hybridized carbons (Fsp3) is 0.952. The molecule has 1 spiro atoms. The lowest BCUT2D eigenvalue weighted by Gasteiger charge is -2.43. The number of ether oxygens (including phenoxy) is 1. The van der Waals surface area contributed by atoms with Crippen LogP contribution >= 0.6 is 0 Å². The van der Waals surface area contributed by atoms with E-state index in [9.17, 15) is 4.79 Å². The van der Waals surface area contributed by atoms with Crippen LogP contribution in [0.2, 0.25) is 0 Å². The van der Waals surface area contributed by atoms with E-state index in [-0.39, 0.29) is 17.0 Å². The largest absolute Gasteiger partial charge is 0.370 e. The van der Waals surface area contributed by atoms with E-state index in [1.165, 1.54) is 45.2 Å². The molecule has 0 aromatic rings. The van der Waals surface area contributed by atoms with Gasteiger partial charge in [0.25, 0.3) is 0 Å². The Hall–Kier alpha value is -0.650. The van der Waals surface area contributed by atoms with E-state index in [1.807, 2.05) is 6.92 Å². The zero-order chi connectivity index (χ0) is 18.4. The Labute approximate surface area is 158 Å². The SMILES string of the molecule is CCC(=O)NC[C@H]1[C@H]2CN(CC(C)(C)N3CCCCC3)C[C@]23CC[C@H]1O3. The van der Waals surface area contributed by atoms with Crippen LogP contribution in [0.3, 0.4) is 0 Å². The molecule has 5 heteroatoms. The second-order valence-electron chi connectivity index (χ2n) is 9.72. The first-order chi connectivity index (χ1) is 12.4. The van der Waals surface area contributed by atoms with Crippen LogP contribution in [0.1, 0.15) is 59.3 Å². The normalized spacial score (nSPS) is 37.9. The smallest absolute Gasteiger partial charge is 0.219 e. The quantitative estimate of drug-likeness (QED) is 0.786. The minimum Gasteiger partial charge on any atom is -0.370 e. The number of nitrogens with zero attached hydrogens (tertiary/aromatic N) is 2. The number of rotatable bonds is 6. The molecule has 2 bridgehead atoms. The number of hydrogen-bond acceptors (Lipinski definition) is 4. The fourth-order valence-electron chi connectivity index (χ4n) is 6.18. The molecule has 0 unspecified atom stereocenters. The number of fused-ring (bicyclic) bond motifs is 1. The molecular weight excluding hydrogens is 326 g/mol. The summed E-state index contributed by atoms with van der Waals surface area (Å²) >= 11 is 0. The highest BCUT2D eigenvalue weighted by atomic mass is 16.5. The summed E-state index contributed by atoms with van der Waals surface area (Å²) in [4.78, 5) is 17.1. The van der Waals surface area contributed by atoms with E-state index in [2.05, 4.69) is 29.0 Å². The van der Waals surface area contributed by atoms with Crippen molar-refractivity contribution < 1.29 is 9.53 Å². The number of amides is 1. The summed E-state index contributed by atoms with van der Waals surface area (Å²) in [7, 11) is 0. The molecule has 4 atom stereocenters. The van der Waals surface area contributed by atoms with Gasteiger partial charge in [-0.1, -0.05) is 13.3 Å². The molecule has 4 saturated heterocycles. The molecule has 0 aromatic carbocycles. The van der Waals surface area contributed by atoms with Crippen LogP contribution in [0.5, 0.6) is 0 Å². The van der Waals surface area contributed by atoms with Crippen LogP contribution in [-0.4, -0.2) is 72.2 Å². The van der Waals surface area contributed by atoms with Gasteiger partial charge in [-0.2, -0.15) is 0 Å². The summed E-state index contributed by atoms with van der Waals surface area (Å²) in [6, 6.07) is 0. The molecule has 0 aliphatic carbocycles. The van der Waals surface area contributed by atoms with Crippen molar-refractivity contribution in [3.8, 4) is 0 Å². The Morgan fingerprint density at radius 3 is 2.77 bits per heavy atom. The highest BCUT2D eigenvalue weighted by Gasteiger charge is 2.63. The predicted octanol–water partition coefficient (Wildman–Crippen LogP) is 2.26. The minimum atomic E-state index is 0.0737. The van der Waals surface area contributed by atoms with Gasteiger partial charge in [0.2, 0.25) is 5.91 Å². The zero-order valence-electron chi connectivity index (χ0n) is 16.9. The molecule has 0 saturated carbocycles. The molecule has 0 radical (unpaired) electrons. The third-order valence-electron chi connectivity index (χ3n) is 7.53. The molecule has 4 aliphatic rings. The standard InChI is InChI=1S/C21H37N3O2/c1-4-19(25)22-12-16-17-13-23(15-21(17)9-8-18(16)26-21)14-20(2,3)24-10-6-5-7-11-24/h16-18H,4-15H2,1-3H3,(H,22,25)/t16-,17+,18+,21+/m0/s1. The highest BCUT2D eigenvalue weighted by Crippen LogP contribution is 2.54. The number of nitrogens with one attached hydrogen (secondary N) is 1. The van der Waals surface area contributed by atoms with E-state index >= 15 is 0 Å². The molecular formula is C21H37N3O2. The number of piperidine rings is 1. The third kappa shape index (κ3) is 3.31. The minimum absolute atomic E-state index is 0.0737. The lowest BCUT2D eigenvalue weighted by atomic mass is 9.73. The summed E-state index contributed by atoms with van der Waals surface area (Å²) in [6.07, 6.45) is 7.41. The molecule has 0 aromatic heterocycles. The van der Waals surface area contributed by atoms with Crippen LogP contribution < -0.4 is 5.32 Å². The monoisotopic (exact) mass is 363 g/mol. The summed E-state index contributed by atoms with van der Waals surface area (Å²) in [6.45, 7) is 13.4. The van der Waals surface area contributed by atoms with Gasteiger partial charge in [-0.3, -0.25) is 14.6 Å². The van der Waals surface area contributed by atoms with Gasteiger partial charge in [0.1, 0.15) is 0 Å². The highest BCUT2D eigenvalue weighted by molar-refractivity contribution is 5.75. The molecule has 4 aliphatic heterocycles. The van der Waals surface area contributed by atoms with Crippen molar-refractivity contribution in [1.29, 1.82) is 0 Å². The number of likely N-dealkylation sites (tertiary alicyclic amines) is 2. The molecule has 148 valence electrons. The first-order valence-electron chi connectivity index (χ1n) is 10.9. The molecule has 4 fully saturated rings. The van der Waals surface area contributed by atoms with E-state index in [1.54, 1.807) is 0 Å². The van der Waals surface area contributed by atoms with Crippen LogP contribution in [0.25, 0.3) is 0 Å². The average molecular weight is 364 g/mol. The van der Waals surface area contributed by atoms with Crippen LogP contribution in [0.4, 0.5) is 0 Å². The van der Waals surface area contributed by atoms with Crippen LogP contribution in [0, 0.1) is 11.8 Å². The Kier molecular flexibility index (Phi) is 5.08. The number of carbonyl (C=O) groups excluding carboxylic acids is 1. The van der Waals surface area contributed by atoms with E-state index < -0.39 is 0 Å². The Bertz CT molecular complexity index is 531.